The van der Waals surface area contributed by atoms with E-state index in [1.165, 1.54) is 18.2 Å². The number of urea groups is 1. The van der Waals surface area contributed by atoms with E-state index in [0.29, 0.717) is 23.8 Å². The molecule has 2 aromatic rings. The van der Waals surface area contributed by atoms with Crippen molar-refractivity contribution >= 4 is 23.3 Å². The van der Waals surface area contributed by atoms with E-state index in [9.17, 15) is 9.18 Å². The van der Waals surface area contributed by atoms with E-state index in [-0.39, 0.29) is 11.8 Å². The summed E-state index contributed by atoms with van der Waals surface area (Å²) in [5.74, 6) is 0.579. The first-order valence-corrected chi connectivity index (χ1v) is 7.32. The van der Waals surface area contributed by atoms with Gasteiger partial charge in [0.1, 0.15) is 5.82 Å². The van der Waals surface area contributed by atoms with Crippen LogP contribution in [0, 0.1) is 5.82 Å². The van der Waals surface area contributed by atoms with Crippen molar-refractivity contribution in [2.24, 2.45) is 0 Å². The van der Waals surface area contributed by atoms with Gasteiger partial charge in [-0.2, -0.15) is 0 Å². The molecule has 2 rings (SSSR count). The zero-order valence-corrected chi connectivity index (χ0v) is 13.2. The molecule has 0 radical (unpaired) electrons. The lowest BCUT2D eigenvalue weighted by Crippen LogP contribution is -2.32. The lowest BCUT2D eigenvalue weighted by Gasteiger charge is -2.12. The topological polar surface area (TPSA) is 59.6 Å². The number of nitrogens with one attached hydrogen (secondary N) is 2. The van der Waals surface area contributed by atoms with Crippen LogP contribution in [0.15, 0.2) is 42.5 Å². The zero-order valence-electron chi connectivity index (χ0n) is 12.4. The highest BCUT2D eigenvalue weighted by molar-refractivity contribution is 6.31. The number of halogens is 2. The molecule has 0 spiro atoms. The Morgan fingerprint density at radius 3 is 2.52 bits per heavy atom. The monoisotopic (exact) mass is 338 g/mol. The smallest absolute Gasteiger partial charge is 0.321 e. The largest absolute Gasteiger partial charge is 0.490 e. The van der Waals surface area contributed by atoms with Gasteiger partial charge in [-0.25, -0.2) is 9.18 Å². The Bertz CT molecular complexity index is 682. The molecule has 0 fully saturated rings. The molecule has 23 heavy (non-hydrogen) atoms. The Morgan fingerprint density at radius 2 is 1.87 bits per heavy atom. The molecule has 5 nitrogen and oxygen atoms in total. The summed E-state index contributed by atoms with van der Waals surface area (Å²) < 4.78 is 23.9. The van der Waals surface area contributed by atoms with Crippen LogP contribution in [0.2, 0.25) is 5.02 Å². The van der Waals surface area contributed by atoms with Gasteiger partial charge < -0.3 is 20.1 Å². The van der Waals surface area contributed by atoms with Gasteiger partial charge in [0.15, 0.2) is 18.2 Å². The Kier molecular flexibility index (Phi) is 6.05. The molecular formula is C16H16ClFN2O3. The number of carbonyl (C=O) groups excluding carboxylic acids is 1. The molecule has 0 bridgehead atoms. The predicted molar refractivity (Wildman–Crippen MR) is 86.7 cm³/mol. The molecule has 0 atom stereocenters. The SMILES string of the molecule is CCOc1ccccc1OCNC(=O)Nc1ccc(F)c(Cl)c1. The van der Waals surface area contributed by atoms with E-state index >= 15 is 0 Å². The number of rotatable bonds is 6. The fourth-order valence-electron chi connectivity index (χ4n) is 1.77. The third-order valence-electron chi connectivity index (χ3n) is 2.79. The highest BCUT2D eigenvalue weighted by Crippen LogP contribution is 2.26. The fourth-order valence-corrected chi connectivity index (χ4v) is 1.95. The van der Waals surface area contributed by atoms with E-state index < -0.39 is 11.8 Å². The standard InChI is InChI=1S/C16H16ClFN2O3/c1-2-22-14-5-3-4-6-15(14)23-10-19-16(21)20-11-7-8-13(18)12(17)9-11/h3-9H,2,10H2,1H3,(H2,19,20,21). The van der Waals surface area contributed by atoms with Gasteiger partial charge in [0, 0.05) is 5.69 Å². The van der Waals surface area contributed by atoms with Gasteiger partial charge in [0.25, 0.3) is 0 Å². The van der Waals surface area contributed by atoms with E-state index in [2.05, 4.69) is 10.6 Å². The van der Waals surface area contributed by atoms with Crippen LogP contribution < -0.4 is 20.1 Å². The molecule has 2 aromatic carbocycles. The van der Waals surface area contributed by atoms with Crippen molar-refractivity contribution in [2.45, 2.75) is 6.92 Å². The highest BCUT2D eigenvalue weighted by atomic mass is 35.5. The molecule has 122 valence electrons. The Hall–Kier alpha value is -2.47. The van der Waals surface area contributed by atoms with Crippen LogP contribution >= 0.6 is 11.6 Å². The molecule has 0 heterocycles. The number of benzene rings is 2. The molecule has 7 heteroatoms. The van der Waals surface area contributed by atoms with Gasteiger partial charge in [-0.15, -0.1) is 0 Å². The molecule has 0 aliphatic rings. The second kappa shape index (κ2) is 8.24. The summed E-state index contributed by atoms with van der Waals surface area (Å²) in [5, 5.41) is 4.98. The van der Waals surface area contributed by atoms with Crippen LogP contribution in [0.4, 0.5) is 14.9 Å². The van der Waals surface area contributed by atoms with Crippen molar-refractivity contribution in [1.29, 1.82) is 0 Å². The van der Waals surface area contributed by atoms with E-state index in [1.807, 2.05) is 13.0 Å². The van der Waals surface area contributed by atoms with Gasteiger partial charge in [-0.05, 0) is 37.3 Å². The zero-order chi connectivity index (χ0) is 16.7. The second-order valence-corrected chi connectivity index (χ2v) is 4.84. The maximum absolute atomic E-state index is 13.0. The van der Waals surface area contributed by atoms with Crippen LogP contribution in [0.3, 0.4) is 0 Å². The van der Waals surface area contributed by atoms with E-state index in [0.717, 1.165) is 0 Å². The number of para-hydroxylation sites is 2. The second-order valence-electron chi connectivity index (χ2n) is 4.43. The summed E-state index contributed by atoms with van der Waals surface area (Å²) in [5.41, 5.74) is 0.378. The van der Waals surface area contributed by atoms with Gasteiger partial charge >= 0.3 is 6.03 Å². The number of hydrogen-bond donors (Lipinski definition) is 2. The Balaban J connectivity index is 1.84. The minimum atomic E-state index is -0.548. The van der Waals surface area contributed by atoms with E-state index in [1.54, 1.807) is 18.2 Å². The van der Waals surface area contributed by atoms with Crippen LogP contribution in [0.5, 0.6) is 11.5 Å². The third-order valence-corrected chi connectivity index (χ3v) is 3.08. The van der Waals surface area contributed by atoms with Crippen LogP contribution in [0.25, 0.3) is 0 Å². The molecule has 0 aliphatic carbocycles. The van der Waals surface area contributed by atoms with Crippen molar-refractivity contribution in [3.8, 4) is 11.5 Å². The van der Waals surface area contributed by atoms with Crippen LogP contribution in [0.1, 0.15) is 6.92 Å². The first kappa shape index (κ1) is 16.9. The Labute approximate surface area is 138 Å². The normalized spacial score (nSPS) is 10.0. The van der Waals surface area contributed by atoms with Gasteiger partial charge in [-0.3, -0.25) is 0 Å². The summed E-state index contributed by atoms with van der Waals surface area (Å²) in [6.07, 6.45) is 0. The van der Waals surface area contributed by atoms with Gasteiger partial charge in [-0.1, -0.05) is 23.7 Å². The Morgan fingerprint density at radius 1 is 1.17 bits per heavy atom. The number of anilines is 1. The third kappa shape index (κ3) is 5.03. The summed E-state index contributed by atoms with van der Waals surface area (Å²) in [6, 6.07) is 10.6. The fraction of sp³-hybridized carbons (Fsp3) is 0.188. The predicted octanol–water partition coefficient (Wildman–Crippen LogP) is 4.04. The molecule has 0 unspecified atom stereocenters. The van der Waals surface area contributed by atoms with Gasteiger partial charge in [0.05, 0.1) is 11.6 Å². The molecule has 0 aliphatic heterocycles. The van der Waals surface area contributed by atoms with Crippen molar-refractivity contribution < 1.29 is 18.7 Å². The average Bonchev–Trinajstić information content (AvgIpc) is 2.53. The summed E-state index contributed by atoms with van der Waals surface area (Å²) in [4.78, 5) is 11.7. The van der Waals surface area contributed by atoms with Crippen molar-refractivity contribution in [2.75, 3.05) is 18.7 Å². The van der Waals surface area contributed by atoms with Crippen molar-refractivity contribution in [3.05, 3.63) is 53.3 Å². The number of hydrogen-bond acceptors (Lipinski definition) is 3. The number of carbonyl (C=O) groups is 1. The summed E-state index contributed by atoms with van der Waals surface area (Å²) in [7, 11) is 0. The first-order chi connectivity index (χ1) is 11.1. The molecule has 0 saturated heterocycles. The highest BCUT2D eigenvalue weighted by Gasteiger charge is 2.06. The number of ether oxygens (including phenoxy) is 2. The molecule has 2 N–H and O–H groups in total. The molecule has 0 aromatic heterocycles. The van der Waals surface area contributed by atoms with Crippen LogP contribution in [-0.4, -0.2) is 19.4 Å². The summed E-state index contributed by atoms with van der Waals surface area (Å²) >= 11 is 5.64. The minimum Gasteiger partial charge on any atom is -0.490 e. The quantitative estimate of drug-likeness (QED) is 0.782. The molecule has 2 amide bonds. The lowest BCUT2D eigenvalue weighted by molar-refractivity contribution is 0.229. The molecule has 0 saturated carbocycles. The maximum atomic E-state index is 13.0. The first-order valence-electron chi connectivity index (χ1n) is 6.94. The maximum Gasteiger partial charge on any atom is 0.321 e. The van der Waals surface area contributed by atoms with Crippen molar-refractivity contribution in [3.63, 3.8) is 0 Å². The average molecular weight is 339 g/mol. The summed E-state index contributed by atoms with van der Waals surface area (Å²) in [6.45, 7) is 2.33. The van der Waals surface area contributed by atoms with Gasteiger partial charge in [0.2, 0.25) is 0 Å². The number of amides is 2. The van der Waals surface area contributed by atoms with Crippen molar-refractivity contribution in [1.82, 2.24) is 5.32 Å². The lowest BCUT2D eigenvalue weighted by atomic mass is 10.3. The molecular weight excluding hydrogens is 323 g/mol. The minimum absolute atomic E-state index is 0.0507. The van der Waals surface area contributed by atoms with Crippen LogP contribution in [-0.2, 0) is 0 Å². The van der Waals surface area contributed by atoms with E-state index in [4.69, 9.17) is 21.1 Å².